The van der Waals surface area contributed by atoms with E-state index in [4.69, 9.17) is 5.11 Å². The Morgan fingerprint density at radius 2 is 1.85 bits per heavy atom. The van der Waals surface area contributed by atoms with Gasteiger partial charge in [0.05, 0.1) is 24.2 Å². The molecule has 20 heavy (non-hydrogen) atoms. The molecule has 0 fully saturated rings. The van der Waals surface area contributed by atoms with Crippen molar-refractivity contribution in [3.05, 3.63) is 29.6 Å². The highest BCUT2D eigenvalue weighted by molar-refractivity contribution is 5.76. The van der Waals surface area contributed by atoms with Crippen LogP contribution >= 0.6 is 0 Å². The van der Waals surface area contributed by atoms with Crippen molar-refractivity contribution in [1.82, 2.24) is 14.5 Å². The van der Waals surface area contributed by atoms with Crippen molar-refractivity contribution in [1.29, 1.82) is 0 Å². The van der Waals surface area contributed by atoms with Gasteiger partial charge in [-0.25, -0.2) is 13.8 Å². The number of fused-ring (bicyclic) bond motifs is 1. The van der Waals surface area contributed by atoms with Crippen LogP contribution in [0.3, 0.4) is 0 Å². The van der Waals surface area contributed by atoms with Gasteiger partial charge in [0.1, 0.15) is 5.82 Å². The van der Waals surface area contributed by atoms with Gasteiger partial charge in [0.15, 0.2) is 11.6 Å². The number of benzene rings is 1. The summed E-state index contributed by atoms with van der Waals surface area (Å²) in [5.41, 5.74) is 0.930. The van der Waals surface area contributed by atoms with Gasteiger partial charge in [0.2, 0.25) is 0 Å². The predicted octanol–water partition coefficient (Wildman–Crippen LogP) is 2.15. The van der Waals surface area contributed by atoms with E-state index in [9.17, 15) is 8.78 Å². The smallest absolute Gasteiger partial charge is 0.161 e. The standard InChI is InChI=1S/C14H19F2N3O/c1-3-18(4-2)9-14-17-12-7-10(15)11(16)8-13(12)19(14)5-6-20/h7-8,20H,3-6,9H2,1-2H3. The van der Waals surface area contributed by atoms with E-state index in [1.54, 1.807) is 4.57 Å². The van der Waals surface area contributed by atoms with Crippen molar-refractivity contribution in [3.8, 4) is 0 Å². The topological polar surface area (TPSA) is 41.3 Å². The van der Waals surface area contributed by atoms with Gasteiger partial charge in [-0.1, -0.05) is 13.8 Å². The zero-order valence-corrected chi connectivity index (χ0v) is 11.7. The largest absolute Gasteiger partial charge is 0.395 e. The number of aliphatic hydroxyl groups excluding tert-OH is 1. The van der Waals surface area contributed by atoms with Crippen LogP contribution in [-0.4, -0.2) is 39.3 Å². The predicted molar refractivity (Wildman–Crippen MR) is 73.4 cm³/mol. The molecule has 0 aliphatic rings. The summed E-state index contributed by atoms with van der Waals surface area (Å²) in [6.07, 6.45) is 0. The number of halogens is 2. The summed E-state index contributed by atoms with van der Waals surface area (Å²) in [7, 11) is 0. The number of nitrogens with zero attached hydrogens (tertiary/aromatic N) is 3. The van der Waals surface area contributed by atoms with Gasteiger partial charge in [-0.15, -0.1) is 0 Å². The minimum Gasteiger partial charge on any atom is -0.395 e. The number of aromatic nitrogens is 2. The molecule has 1 aromatic heterocycles. The van der Waals surface area contributed by atoms with Gasteiger partial charge >= 0.3 is 0 Å². The van der Waals surface area contributed by atoms with Gasteiger partial charge in [0, 0.05) is 18.7 Å². The number of rotatable bonds is 6. The lowest BCUT2D eigenvalue weighted by Crippen LogP contribution is -2.24. The molecular weight excluding hydrogens is 264 g/mol. The fourth-order valence-corrected chi connectivity index (χ4v) is 2.29. The van der Waals surface area contributed by atoms with Gasteiger partial charge in [-0.3, -0.25) is 4.90 Å². The van der Waals surface area contributed by atoms with Crippen molar-refractivity contribution in [3.63, 3.8) is 0 Å². The molecule has 0 aliphatic carbocycles. The third kappa shape index (κ3) is 2.81. The number of hydrogen-bond acceptors (Lipinski definition) is 3. The molecule has 0 saturated heterocycles. The minimum absolute atomic E-state index is 0.0737. The molecule has 0 aliphatic heterocycles. The Balaban J connectivity index is 2.49. The first-order chi connectivity index (χ1) is 9.60. The molecule has 0 amide bonds. The number of aliphatic hydroxyl groups is 1. The monoisotopic (exact) mass is 283 g/mol. The minimum atomic E-state index is -0.902. The van der Waals surface area contributed by atoms with Crippen molar-refractivity contribution in [2.45, 2.75) is 26.9 Å². The van der Waals surface area contributed by atoms with E-state index in [1.807, 2.05) is 13.8 Å². The van der Waals surface area contributed by atoms with E-state index < -0.39 is 11.6 Å². The van der Waals surface area contributed by atoms with Crippen molar-refractivity contribution >= 4 is 11.0 Å². The molecule has 0 unspecified atom stereocenters. The molecule has 1 aromatic carbocycles. The Labute approximate surface area is 116 Å². The molecule has 0 saturated carbocycles. The number of hydrogen-bond donors (Lipinski definition) is 1. The SMILES string of the molecule is CCN(CC)Cc1nc2cc(F)c(F)cc2n1CCO. The first kappa shape index (κ1) is 14.9. The Hall–Kier alpha value is -1.53. The quantitative estimate of drug-likeness (QED) is 0.883. The highest BCUT2D eigenvalue weighted by Crippen LogP contribution is 2.21. The van der Waals surface area contributed by atoms with Gasteiger partial charge in [-0.05, 0) is 13.1 Å². The molecule has 0 radical (unpaired) electrons. The van der Waals surface area contributed by atoms with Gasteiger partial charge < -0.3 is 9.67 Å². The molecule has 2 rings (SSSR count). The average molecular weight is 283 g/mol. The zero-order valence-electron chi connectivity index (χ0n) is 11.7. The third-order valence-electron chi connectivity index (χ3n) is 3.45. The Morgan fingerprint density at radius 1 is 1.20 bits per heavy atom. The normalized spacial score (nSPS) is 11.7. The zero-order chi connectivity index (χ0) is 14.7. The maximum absolute atomic E-state index is 13.4. The molecule has 4 nitrogen and oxygen atoms in total. The lowest BCUT2D eigenvalue weighted by molar-refractivity contribution is 0.260. The second kappa shape index (κ2) is 6.28. The Morgan fingerprint density at radius 3 is 2.45 bits per heavy atom. The first-order valence-corrected chi connectivity index (χ1v) is 6.78. The van der Waals surface area contributed by atoms with E-state index >= 15 is 0 Å². The molecule has 110 valence electrons. The van der Waals surface area contributed by atoms with Crippen molar-refractivity contribution in [2.75, 3.05) is 19.7 Å². The Kier molecular flexibility index (Phi) is 4.67. The summed E-state index contributed by atoms with van der Waals surface area (Å²) in [6.45, 7) is 6.64. The fourth-order valence-electron chi connectivity index (χ4n) is 2.29. The summed E-state index contributed by atoms with van der Waals surface area (Å²) in [5, 5.41) is 9.16. The van der Waals surface area contributed by atoms with Crippen LogP contribution in [0.2, 0.25) is 0 Å². The summed E-state index contributed by atoms with van der Waals surface area (Å²) >= 11 is 0. The maximum Gasteiger partial charge on any atom is 0.161 e. The van der Waals surface area contributed by atoms with Crippen LogP contribution in [0.15, 0.2) is 12.1 Å². The molecule has 0 atom stereocenters. The molecule has 6 heteroatoms. The maximum atomic E-state index is 13.4. The summed E-state index contributed by atoms with van der Waals surface area (Å²) in [4.78, 5) is 6.53. The Bertz CT molecular complexity index is 594. The molecule has 1 N–H and O–H groups in total. The molecule has 1 heterocycles. The lowest BCUT2D eigenvalue weighted by atomic mass is 10.3. The van der Waals surface area contributed by atoms with Crippen LogP contribution < -0.4 is 0 Å². The highest BCUT2D eigenvalue weighted by atomic mass is 19.2. The molecule has 0 spiro atoms. The number of imidazole rings is 1. The van der Waals surface area contributed by atoms with E-state index in [1.165, 1.54) is 0 Å². The van der Waals surface area contributed by atoms with Crippen LogP contribution in [0.25, 0.3) is 11.0 Å². The van der Waals surface area contributed by atoms with Crippen LogP contribution in [0.5, 0.6) is 0 Å². The third-order valence-corrected chi connectivity index (χ3v) is 3.45. The van der Waals surface area contributed by atoms with Crippen LogP contribution in [0.4, 0.5) is 8.78 Å². The van der Waals surface area contributed by atoms with Gasteiger partial charge in [-0.2, -0.15) is 0 Å². The lowest BCUT2D eigenvalue weighted by Gasteiger charge is -2.18. The van der Waals surface area contributed by atoms with E-state index in [-0.39, 0.29) is 6.61 Å². The van der Waals surface area contributed by atoms with E-state index in [2.05, 4.69) is 9.88 Å². The van der Waals surface area contributed by atoms with Gasteiger partial charge in [0.25, 0.3) is 0 Å². The van der Waals surface area contributed by atoms with E-state index in [0.29, 0.717) is 29.9 Å². The summed E-state index contributed by atoms with van der Waals surface area (Å²) < 4.78 is 28.4. The summed E-state index contributed by atoms with van der Waals surface area (Å²) in [6, 6.07) is 2.24. The van der Waals surface area contributed by atoms with E-state index in [0.717, 1.165) is 25.2 Å². The molecule has 2 aromatic rings. The van der Waals surface area contributed by atoms with Crippen LogP contribution in [-0.2, 0) is 13.1 Å². The highest BCUT2D eigenvalue weighted by Gasteiger charge is 2.15. The fraction of sp³-hybridized carbons (Fsp3) is 0.500. The molecule has 0 bridgehead atoms. The van der Waals surface area contributed by atoms with Crippen LogP contribution in [0, 0.1) is 11.6 Å². The van der Waals surface area contributed by atoms with Crippen LogP contribution in [0.1, 0.15) is 19.7 Å². The van der Waals surface area contributed by atoms with Crippen molar-refractivity contribution in [2.24, 2.45) is 0 Å². The molecular formula is C14H19F2N3O. The van der Waals surface area contributed by atoms with Crippen molar-refractivity contribution < 1.29 is 13.9 Å². The first-order valence-electron chi connectivity index (χ1n) is 6.78. The second-order valence-corrected chi connectivity index (χ2v) is 4.62. The summed E-state index contributed by atoms with van der Waals surface area (Å²) in [5.74, 6) is -1.09. The second-order valence-electron chi connectivity index (χ2n) is 4.62. The average Bonchev–Trinajstić information content (AvgIpc) is 2.75.